The predicted octanol–water partition coefficient (Wildman–Crippen LogP) is 2.41. The van der Waals surface area contributed by atoms with Gasteiger partial charge in [0.25, 0.3) is 0 Å². The molecule has 6 heteroatoms. The number of hydrogen-bond donors (Lipinski definition) is 2. The molecule has 1 aromatic rings. The number of rotatable bonds is 8. The first-order valence-corrected chi connectivity index (χ1v) is 9.54. The minimum absolute atomic E-state index is 0.232. The SMILES string of the molecule is CCOc1cc2c(cc1CNC(=NC)NCCN(C)C(C)C)OC(C)C2. The minimum Gasteiger partial charge on any atom is -0.494 e. The van der Waals surface area contributed by atoms with Crippen LogP contribution >= 0.6 is 0 Å². The Morgan fingerprint density at radius 1 is 1.38 bits per heavy atom. The molecule has 1 aliphatic rings. The van der Waals surface area contributed by atoms with Gasteiger partial charge in [0.2, 0.25) is 0 Å². The zero-order valence-corrected chi connectivity index (χ0v) is 17.1. The quantitative estimate of drug-likeness (QED) is 0.549. The zero-order valence-electron chi connectivity index (χ0n) is 17.1. The molecule has 0 aromatic heterocycles. The average Bonchev–Trinajstić information content (AvgIpc) is 2.96. The second-order valence-corrected chi connectivity index (χ2v) is 7.06. The molecule has 0 saturated heterocycles. The summed E-state index contributed by atoms with van der Waals surface area (Å²) in [7, 11) is 3.92. The van der Waals surface area contributed by atoms with E-state index < -0.39 is 0 Å². The Balaban J connectivity index is 1.95. The fourth-order valence-corrected chi connectivity index (χ4v) is 2.92. The lowest BCUT2D eigenvalue weighted by atomic mass is 10.1. The Morgan fingerprint density at radius 2 is 2.15 bits per heavy atom. The van der Waals surface area contributed by atoms with E-state index in [1.807, 2.05) is 6.92 Å². The Hall–Kier alpha value is -1.95. The van der Waals surface area contributed by atoms with Gasteiger partial charge in [0.15, 0.2) is 5.96 Å². The van der Waals surface area contributed by atoms with Gasteiger partial charge in [-0.1, -0.05) is 0 Å². The van der Waals surface area contributed by atoms with Gasteiger partial charge >= 0.3 is 0 Å². The van der Waals surface area contributed by atoms with Crippen LogP contribution in [0.25, 0.3) is 0 Å². The molecule has 0 spiro atoms. The first-order valence-electron chi connectivity index (χ1n) is 9.54. The Kier molecular flexibility index (Phi) is 7.57. The lowest BCUT2D eigenvalue weighted by molar-refractivity contribution is 0.254. The lowest BCUT2D eigenvalue weighted by Crippen LogP contribution is -2.41. The second kappa shape index (κ2) is 9.67. The van der Waals surface area contributed by atoms with Crippen LogP contribution in [0.15, 0.2) is 17.1 Å². The molecule has 1 heterocycles. The molecule has 26 heavy (non-hydrogen) atoms. The fourth-order valence-electron chi connectivity index (χ4n) is 2.92. The van der Waals surface area contributed by atoms with E-state index in [0.717, 1.165) is 42.5 Å². The summed E-state index contributed by atoms with van der Waals surface area (Å²) >= 11 is 0. The summed E-state index contributed by atoms with van der Waals surface area (Å²) in [6.45, 7) is 11.6. The first-order chi connectivity index (χ1) is 12.4. The summed E-state index contributed by atoms with van der Waals surface area (Å²) < 4.78 is 11.7. The normalized spacial score (nSPS) is 16.6. The molecule has 0 fully saturated rings. The van der Waals surface area contributed by atoms with Crippen molar-refractivity contribution in [2.45, 2.75) is 52.8 Å². The topological polar surface area (TPSA) is 58.1 Å². The van der Waals surface area contributed by atoms with E-state index in [9.17, 15) is 0 Å². The van der Waals surface area contributed by atoms with Crippen LogP contribution in [-0.4, -0.2) is 56.8 Å². The van der Waals surface area contributed by atoms with Gasteiger partial charge in [-0.05, 0) is 46.9 Å². The van der Waals surface area contributed by atoms with E-state index in [1.54, 1.807) is 7.05 Å². The van der Waals surface area contributed by atoms with Gasteiger partial charge in [0, 0.05) is 50.3 Å². The molecule has 146 valence electrons. The van der Waals surface area contributed by atoms with Crippen molar-refractivity contribution in [3.05, 3.63) is 23.3 Å². The molecule has 1 aliphatic heterocycles. The molecule has 0 saturated carbocycles. The zero-order chi connectivity index (χ0) is 19.1. The molecule has 1 unspecified atom stereocenters. The highest BCUT2D eigenvalue weighted by molar-refractivity contribution is 5.79. The van der Waals surface area contributed by atoms with Crippen molar-refractivity contribution >= 4 is 5.96 Å². The first kappa shape index (κ1) is 20.4. The molecular weight excluding hydrogens is 328 g/mol. The molecule has 0 amide bonds. The molecule has 2 rings (SSSR count). The molecular formula is C20H34N4O2. The van der Waals surface area contributed by atoms with Crippen molar-refractivity contribution in [3.63, 3.8) is 0 Å². The smallest absolute Gasteiger partial charge is 0.191 e. The van der Waals surface area contributed by atoms with E-state index in [0.29, 0.717) is 19.2 Å². The van der Waals surface area contributed by atoms with Crippen LogP contribution in [0, 0.1) is 0 Å². The third-order valence-electron chi connectivity index (χ3n) is 4.69. The van der Waals surface area contributed by atoms with Crippen LogP contribution in [0.4, 0.5) is 0 Å². The van der Waals surface area contributed by atoms with Crippen molar-refractivity contribution in [2.24, 2.45) is 4.99 Å². The second-order valence-electron chi connectivity index (χ2n) is 7.06. The molecule has 1 aromatic carbocycles. The highest BCUT2D eigenvalue weighted by Crippen LogP contribution is 2.35. The minimum atomic E-state index is 0.232. The molecule has 0 radical (unpaired) electrons. The van der Waals surface area contributed by atoms with E-state index >= 15 is 0 Å². The fraction of sp³-hybridized carbons (Fsp3) is 0.650. The monoisotopic (exact) mass is 362 g/mol. The predicted molar refractivity (Wildman–Crippen MR) is 107 cm³/mol. The van der Waals surface area contributed by atoms with Crippen molar-refractivity contribution < 1.29 is 9.47 Å². The highest BCUT2D eigenvalue weighted by Gasteiger charge is 2.21. The lowest BCUT2D eigenvalue weighted by Gasteiger charge is -2.22. The van der Waals surface area contributed by atoms with Gasteiger partial charge < -0.3 is 25.0 Å². The number of ether oxygens (including phenoxy) is 2. The van der Waals surface area contributed by atoms with E-state index in [1.165, 1.54) is 5.56 Å². The third-order valence-corrected chi connectivity index (χ3v) is 4.69. The summed E-state index contributed by atoms with van der Waals surface area (Å²) in [6, 6.07) is 4.75. The number of nitrogens with zero attached hydrogens (tertiary/aromatic N) is 2. The molecule has 0 aliphatic carbocycles. The Bertz CT molecular complexity index is 616. The average molecular weight is 363 g/mol. The largest absolute Gasteiger partial charge is 0.494 e. The van der Waals surface area contributed by atoms with E-state index in [4.69, 9.17) is 9.47 Å². The van der Waals surface area contributed by atoms with Crippen molar-refractivity contribution in [1.82, 2.24) is 15.5 Å². The van der Waals surface area contributed by atoms with Crippen LogP contribution in [0.2, 0.25) is 0 Å². The van der Waals surface area contributed by atoms with E-state index in [-0.39, 0.29) is 6.10 Å². The highest BCUT2D eigenvalue weighted by atomic mass is 16.5. The van der Waals surface area contributed by atoms with Crippen molar-refractivity contribution in [1.29, 1.82) is 0 Å². The molecule has 6 nitrogen and oxygen atoms in total. The van der Waals surface area contributed by atoms with Gasteiger partial charge in [-0.2, -0.15) is 0 Å². The third kappa shape index (κ3) is 5.53. The van der Waals surface area contributed by atoms with Crippen molar-refractivity contribution in [2.75, 3.05) is 33.8 Å². The van der Waals surface area contributed by atoms with Crippen LogP contribution in [0.1, 0.15) is 38.8 Å². The Labute approximate surface area is 158 Å². The number of fused-ring (bicyclic) bond motifs is 1. The molecule has 2 N–H and O–H groups in total. The van der Waals surface area contributed by atoms with E-state index in [2.05, 4.69) is 60.5 Å². The van der Waals surface area contributed by atoms with Crippen LogP contribution in [0.3, 0.4) is 0 Å². The number of aliphatic imine (C=N–C) groups is 1. The van der Waals surface area contributed by atoms with Crippen LogP contribution in [-0.2, 0) is 13.0 Å². The number of likely N-dealkylation sites (N-methyl/N-ethyl adjacent to an activating group) is 1. The summed E-state index contributed by atoms with van der Waals surface area (Å²) in [5.74, 6) is 2.69. The maximum absolute atomic E-state index is 5.89. The number of benzene rings is 1. The standard InChI is InChI=1S/C20H34N4O2/c1-7-25-18-11-16-10-15(4)26-19(16)12-17(18)13-23-20(21-5)22-8-9-24(6)14(2)3/h11-12,14-15H,7-10,13H2,1-6H3,(H2,21,22,23). The van der Waals surface area contributed by atoms with Crippen LogP contribution < -0.4 is 20.1 Å². The Morgan fingerprint density at radius 3 is 2.81 bits per heavy atom. The molecule has 1 atom stereocenters. The maximum atomic E-state index is 5.89. The summed E-state index contributed by atoms with van der Waals surface area (Å²) in [5, 5.41) is 6.74. The summed E-state index contributed by atoms with van der Waals surface area (Å²) in [5.41, 5.74) is 2.31. The van der Waals surface area contributed by atoms with Crippen LogP contribution in [0.5, 0.6) is 11.5 Å². The maximum Gasteiger partial charge on any atom is 0.191 e. The summed E-state index contributed by atoms with van der Waals surface area (Å²) in [6.07, 6.45) is 1.17. The van der Waals surface area contributed by atoms with Gasteiger partial charge in [-0.3, -0.25) is 4.99 Å². The summed E-state index contributed by atoms with van der Waals surface area (Å²) in [4.78, 5) is 6.61. The van der Waals surface area contributed by atoms with Crippen molar-refractivity contribution in [3.8, 4) is 11.5 Å². The van der Waals surface area contributed by atoms with Gasteiger partial charge in [0.05, 0.1) is 6.61 Å². The number of hydrogen-bond acceptors (Lipinski definition) is 4. The number of nitrogens with one attached hydrogen (secondary N) is 2. The molecule has 0 bridgehead atoms. The van der Waals surface area contributed by atoms with Gasteiger partial charge in [-0.15, -0.1) is 0 Å². The van der Waals surface area contributed by atoms with Gasteiger partial charge in [-0.25, -0.2) is 0 Å². The van der Waals surface area contributed by atoms with Gasteiger partial charge in [0.1, 0.15) is 17.6 Å². The number of guanidine groups is 1.